The topological polar surface area (TPSA) is 85.6 Å². The van der Waals surface area contributed by atoms with Crippen LogP contribution in [0.25, 0.3) is 0 Å². The highest BCUT2D eigenvalue weighted by Gasteiger charge is 2.17. The second kappa shape index (κ2) is 15.4. The average molecular weight is 533 g/mol. The van der Waals surface area contributed by atoms with Crippen molar-refractivity contribution in [1.29, 1.82) is 5.41 Å². The van der Waals surface area contributed by atoms with Crippen molar-refractivity contribution >= 4 is 52.9 Å². The summed E-state index contributed by atoms with van der Waals surface area (Å²) in [6, 6.07) is 13.2. The molecule has 186 valence electrons. The van der Waals surface area contributed by atoms with Crippen molar-refractivity contribution in [2.24, 2.45) is 0 Å². The molecule has 0 heterocycles. The molecule has 0 saturated carbocycles. The molecule has 0 spiro atoms. The first kappa shape index (κ1) is 29.6. The fraction of sp³-hybridized carbons (Fsp3) is 0.333. The van der Waals surface area contributed by atoms with Crippen molar-refractivity contribution in [2.45, 2.75) is 19.8 Å². The molecular formula is C24H29Cl3FN3O3. The fourth-order valence-electron chi connectivity index (χ4n) is 3.10. The number of aliphatic hydroxyl groups excluding tert-OH is 1. The van der Waals surface area contributed by atoms with Crippen LogP contribution < -0.4 is 10.2 Å². The van der Waals surface area contributed by atoms with Crippen LogP contribution in [0.15, 0.2) is 60.2 Å². The van der Waals surface area contributed by atoms with Crippen LogP contribution in [0.2, 0.25) is 0 Å². The van der Waals surface area contributed by atoms with Gasteiger partial charge >= 0.3 is 0 Å². The Bertz CT molecular complexity index is 948. The van der Waals surface area contributed by atoms with E-state index in [9.17, 15) is 14.3 Å². The molecule has 0 aliphatic carbocycles. The number of alkyl halides is 2. The van der Waals surface area contributed by atoms with Gasteiger partial charge in [-0.25, -0.2) is 4.39 Å². The van der Waals surface area contributed by atoms with Crippen molar-refractivity contribution in [1.82, 2.24) is 5.32 Å². The van der Waals surface area contributed by atoms with Crippen molar-refractivity contribution < 1.29 is 19.0 Å². The molecule has 0 radical (unpaired) electrons. The predicted molar refractivity (Wildman–Crippen MR) is 138 cm³/mol. The van der Waals surface area contributed by atoms with Gasteiger partial charge in [0.15, 0.2) is 0 Å². The Labute approximate surface area is 215 Å². The Balaban J connectivity index is 0.00000578. The minimum atomic E-state index is -0.659. The molecule has 0 atom stereocenters. The van der Waals surface area contributed by atoms with Gasteiger partial charge in [0.1, 0.15) is 17.2 Å². The van der Waals surface area contributed by atoms with E-state index in [1.807, 2.05) is 24.3 Å². The van der Waals surface area contributed by atoms with Gasteiger partial charge in [-0.1, -0.05) is 24.3 Å². The van der Waals surface area contributed by atoms with E-state index < -0.39 is 11.9 Å². The minimum Gasteiger partial charge on any atom is -0.480 e. The summed E-state index contributed by atoms with van der Waals surface area (Å²) in [4.78, 5) is 14.7. The lowest BCUT2D eigenvalue weighted by Gasteiger charge is -2.23. The number of amides is 1. The van der Waals surface area contributed by atoms with Gasteiger partial charge in [-0.2, -0.15) is 0 Å². The number of carbonyl (C=O) groups is 1. The summed E-state index contributed by atoms with van der Waals surface area (Å²) in [5, 5.41) is 20.9. The van der Waals surface area contributed by atoms with Crippen LogP contribution in [0.5, 0.6) is 0 Å². The highest BCUT2D eigenvalue weighted by Crippen LogP contribution is 2.17. The van der Waals surface area contributed by atoms with E-state index in [0.717, 1.165) is 11.3 Å². The third kappa shape index (κ3) is 9.41. The second-order valence-electron chi connectivity index (χ2n) is 7.16. The van der Waals surface area contributed by atoms with Crippen molar-refractivity contribution in [2.75, 3.05) is 36.4 Å². The van der Waals surface area contributed by atoms with Crippen LogP contribution >= 0.6 is 35.6 Å². The van der Waals surface area contributed by atoms with E-state index in [4.69, 9.17) is 33.3 Å². The van der Waals surface area contributed by atoms with Crippen LogP contribution in [0.3, 0.4) is 0 Å². The van der Waals surface area contributed by atoms with Crippen molar-refractivity contribution in [3.05, 3.63) is 77.1 Å². The molecule has 0 aliphatic heterocycles. The standard InChI is InChI=1S/C24H28Cl2FN3O3.ClH/c1-2-33-24(32)22(16-18-3-7-19(27)8-4-18)29-23(31)21(28)15-17-5-9-20(10-6-17)30(13-11-25)14-12-26;/h3-10,28,32H,2,11-16H2,1H3,(H,29,31);1H. The average Bonchev–Trinajstić information content (AvgIpc) is 2.80. The Morgan fingerprint density at radius 1 is 1.03 bits per heavy atom. The smallest absolute Gasteiger partial charge is 0.297 e. The highest BCUT2D eigenvalue weighted by atomic mass is 35.5. The van der Waals surface area contributed by atoms with E-state index in [0.29, 0.717) is 30.4 Å². The Hall–Kier alpha value is -2.48. The van der Waals surface area contributed by atoms with Crippen LogP contribution in [0, 0.1) is 11.2 Å². The number of hydrogen-bond donors (Lipinski definition) is 3. The largest absolute Gasteiger partial charge is 0.480 e. The zero-order valence-electron chi connectivity index (χ0n) is 18.8. The number of carbonyl (C=O) groups excluding carboxylic acids is 1. The van der Waals surface area contributed by atoms with E-state index in [2.05, 4.69) is 10.2 Å². The molecule has 2 aromatic rings. The number of rotatable bonds is 13. The van der Waals surface area contributed by atoms with E-state index in [-0.39, 0.29) is 49.1 Å². The number of nitrogens with one attached hydrogen (secondary N) is 2. The molecule has 3 N–H and O–H groups in total. The van der Waals surface area contributed by atoms with Crippen molar-refractivity contribution in [3.63, 3.8) is 0 Å². The fourth-order valence-corrected chi connectivity index (χ4v) is 3.51. The molecule has 0 bridgehead atoms. The number of nitrogens with zero attached hydrogens (tertiary/aromatic N) is 1. The molecule has 0 aliphatic rings. The number of ether oxygens (including phenoxy) is 1. The molecule has 1 amide bonds. The first-order valence-corrected chi connectivity index (χ1v) is 11.6. The maximum atomic E-state index is 13.2. The maximum absolute atomic E-state index is 13.2. The quantitative estimate of drug-likeness (QED) is 0.188. The lowest BCUT2D eigenvalue weighted by atomic mass is 10.1. The third-order valence-corrected chi connectivity index (χ3v) is 5.10. The van der Waals surface area contributed by atoms with E-state index in [1.54, 1.807) is 19.1 Å². The monoisotopic (exact) mass is 531 g/mol. The molecule has 6 nitrogen and oxygen atoms in total. The highest BCUT2D eigenvalue weighted by molar-refractivity contribution is 6.38. The molecular weight excluding hydrogens is 504 g/mol. The molecule has 0 unspecified atom stereocenters. The number of benzene rings is 2. The van der Waals surface area contributed by atoms with Gasteiger partial charge in [0, 0.05) is 43.4 Å². The zero-order valence-corrected chi connectivity index (χ0v) is 21.1. The Kier molecular flexibility index (Phi) is 13.4. The number of anilines is 1. The summed E-state index contributed by atoms with van der Waals surface area (Å²) in [7, 11) is 0. The van der Waals surface area contributed by atoms with Crippen LogP contribution in [-0.2, 0) is 22.4 Å². The lowest BCUT2D eigenvalue weighted by Crippen LogP contribution is -2.33. The van der Waals surface area contributed by atoms with Crippen molar-refractivity contribution in [3.8, 4) is 0 Å². The molecule has 2 rings (SSSR count). The first-order chi connectivity index (χ1) is 15.9. The van der Waals surface area contributed by atoms with Gasteiger partial charge < -0.3 is 20.1 Å². The molecule has 34 heavy (non-hydrogen) atoms. The number of allylic oxidation sites excluding steroid dienone is 1. The summed E-state index contributed by atoms with van der Waals surface area (Å²) in [5.74, 6) is -0.527. The molecule has 0 fully saturated rings. The summed E-state index contributed by atoms with van der Waals surface area (Å²) >= 11 is 11.7. The molecule has 0 saturated heterocycles. The predicted octanol–water partition coefficient (Wildman–Crippen LogP) is 5.22. The SMILES string of the molecule is CCOC(O)=C(Cc1ccc(F)cc1)NC(=O)C(=N)Cc1ccc(N(CCCl)CCCl)cc1.Cl. The van der Waals surface area contributed by atoms with Gasteiger partial charge in [0.2, 0.25) is 0 Å². The minimum absolute atomic E-state index is 0. The number of hydrogen-bond acceptors (Lipinski definition) is 5. The van der Waals surface area contributed by atoms with Gasteiger partial charge in [-0.15, -0.1) is 35.6 Å². The van der Waals surface area contributed by atoms with E-state index in [1.165, 1.54) is 12.1 Å². The summed E-state index contributed by atoms with van der Waals surface area (Å²) in [6.07, 6.45) is 0.215. The Morgan fingerprint density at radius 2 is 1.56 bits per heavy atom. The van der Waals surface area contributed by atoms with Crippen LogP contribution in [0.4, 0.5) is 10.1 Å². The number of halogens is 4. The normalized spacial score (nSPS) is 11.2. The van der Waals surface area contributed by atoms with Gasteiger partial charge in [-0.3, -0.25) is 10.2 Å². The van der Waals surface area contributed by atoms with Gasteiger partial charge in [0.25, 0.3) is 11.9 Å². The van der Waals surface area contributed by atoms with Crippen LogP contribution in [0.1, 0.15) is 18.1 Å². The Morgan fingerprint density at radius 3 is 2.09 bits per heavy atom. The van der Waals surface area contributed by atoms with Gasteiger partial charge in [0.05, 0.1) is 6.61 Å². The number of aliphatic hydroxyl groups is 1. The molecule has 0 aromatic heterocycles. The summed E-state index contributed by atoms with van der Waals surface area (Å²) in [6.45, 7) is 3.22. The summed E-state index contributed by atoms with van der Waals surface area (Å²) < 4.78 is 18.3. The third-order valence-electron chi connectivity index (χ3n) is 4.76. The lowest BCUT2D eigenvalue weighted by molar-refractivity contribution is -0.114. The second-order valence-corrected chi connectivity index (χ2v) is 7.92. The molecule has 10 heteroatoms. The maximum Gasteiger partial charge on any atom is 0.297 e. The summed E-state index contributed by atoms with van der Waals surface area (Å²) in [5.41, 5.74) is 2.34. The molecule has 2 aromatic carbocycles. The first-order valence-electron chi connectivity index (χ1n) is 10.5. The van der Waals surface area contributed by atoms with Crippen LogP contribution in [-0.4, -0.2) is 48.2 Å². The zero-order chi connectivity index (χ0) is 24.2. The van der Waals surface area contributed by atoms with Gasteiger partial charge in [-0.05, 0) is 42.3 Å². The van der Waals surface area contributed by atoms with E-state index >= 15 is 0 Å².